The van der Waals surface area contributed by atoms with Gasteiger partial charge in [-0.15, -0.1) is 0 Å². The Bertz CT molecular complexity index is 447. The molecule has 0 radical (unpaired) electrons. The molecule has 3 heteroatoms. The average molecular weight is 246 g/mol. The van der Waals surface area contributed by atoms with Crippen molar-refractivity contribution >= 4 is 17.8 Å². The highest BCUT2D eigenvalue weighted by Crippen LogP contribution is 2.17. The summed E-state index contributed by atoms with van der Waals surface area (Å²) in [5.41, 5.74) is 1.90. The van der Waals surface area contributed by atoms with Crippen LogP contribution in [0.25, 0.3) is 6.08 Å². The van der Waals surface area contributed by atoms with Crippen molar-refractivity contribution in [2.24, 2.45) is 0 Å². The maximum Gasteiger partial charge on any atom is 0.303 e. The van der Waals surface area contributed by atoms with E-state index in [-0.39, 0.29) is 5.78 Å². The van der Waals surface area contributed by atoms with Crippen LogP contribution >= 0.6 is 0 Å². The van der Waals surface area contributed by atoms with Crippen LogP contribution in [0.15, 0.2) is 30.3 Å². The quantitative estimate of drug-likeness (QED) is 0.887. The van der Waals surface area contributed by atoms with Gasteiger partial charge in [-0.3, -0.25) is 9.59 Å². The minimum absolute atomic E-state index is 0.225. The number of carboxylic acid groups (broad SMARTS) is 1. The van der Waals surface area contributed by atoms with Crippen molar-refractivity contribution in [1.29, 1.82) is 0 Å². The molecule has 2 rings (SSSR count). The van der Waals surface area contributed by atoms with Gasteiger partial charge in [-0.2, -0.15) is 0 Å². The molecule has 0 spiro atoms. The Morgan fingerprint density at radius 2 is 2.06 bits per heavy atom. The smallest absolute Gasteiger partial charge is 0.303 e. The van der Waals surface area contributed by atoms with Gasteiger partial charge in [-0.25, -0.2) is 0 Å². The molecular formula is C15H18O3. The molecule has 1 aliphatic carbocycles. The van der Waals surface area contributed by atoms with Crippen LogP contribution < -0.4 is 0 Å². The Morgan fingerprint density at radius 1 is 1.33 bits per heavy atom. The molecular weight excluding hydrogens is 228 g/mol. The number of carbonyl (C=O) groups excluding carboxylic acids is 1. The molecule has 0 aromatic heterocycles. The first kappa shape index (κ1) is 14.2. The summed E-state index contributed by atoms with van der Waals surface area (Å²) < 4.78 is 0. The van der Waals surface area contributed by atoms with Gasteiger partial charge >= 0.3 is 5.97 Å². The molecule has 1 aromatic carbocycles. The molecule has 0 aliphatic heterocycles. The molecule has 3 nitrogen and oxygen atoms in total. The molecule has 0 amide bonds. The predicted octanol–water partition coefficient (Wildman–Crippen LogP) is 3.55. The van der Waals surface area contributed by atoms with Gasteiger partial charge in [0, 0.05) is 18.4 Å². The SMILES string of the molecule is CCCCC(=O)O.O=C1CC=Cc2ccccc21. The van der Waals surface area contributed by atoms with Gasteiger partial charge in [0.1, 0.15) is 0 Å². The fourth-order valence-electron chi connectivity index (χ4n) is 1.63. The lowest BCUT2D eigenvalue weighted by Gasteiger charge is -2.07. The lowest BCUT2D eigenvalue weighted by Crippen LogP contribution is -2.02. The number of unbranched alkanes of at least 4 members (excludes halogenated alkanes) is 1. The van der Waals surface area contributed by atoms with Gasteiger partial charge in [0.05, 0.1) is 0 Å². The summed E-state index contributed by atoms with van der Waals surface area (Å²) in [4.78, 5) is 21.0. The Kier molecular flexibility index (Phi) is 5.85. The van der Waals surface area contributed by atoms with Gasteiger partial charge in [-0.05, 0) is 12.0 Å². The fourth-order valence-corrected chi connectivity index (χ4v) is 1.63. The first-order valence-corrected chi connectivity index (χ1v) is 6.15. The van der Waals surface area contributed by atoms with E-state index in [4.69, 9.17) is 5.11 Å². The fraction of sp³-hybridized carbons (Fsp3) is 0.333. The topological polar surface area (TPSA) is 54.4 Å². The molecule has 0 saturated heterocycles. The maximum absolute atomic E-state index is 11.2. The number of ketones is 1. The van der Waals surface area contributed by atoms with Crippen molar-refractivity contribution in [3.63, 3.8) is 0 Å². The molecule has 0 atom stereocenters. The zero-order valence-corrected chi connectivity index (χ0v) is 10.6. The van der Waals surface area contributed by atoms with Crippen molar-refractivity contribution in [3.8, 4) is 0 Å². The van der Waals surface area contributed by atoms with Gasteiger partial charge < -0.3 is 5.11 Å². The highest BCUT2D eigenvalue weighted by molar-refractivity contribution is 6.02. The van der Waals surface area contributed by atoms with Crippen molar-refractivity contribution in [1.82, 2.24) is 0 Å². The van der Waals surface area contributed by atoms with E-state index in [9.17, 15) is 9.59 Å². The number of aliphatic carboxylic acids is 1. The second-order valence-corrected chi connectivity index (χ2v) is 4.11. The average Bonchev–Trinajstić information content (AvgIpc) is 2.38. The number of hydrogen-bond acceptors (Lipinski definition) is 2. The number of hydrogen-bond donors (Lipinski definition) is 1. The lowest BCUT2D eigenvalue weighted by molar-refractivity contribution is -0.137. The molecule has 1 N–H and O–H groups in total. The van der Waals surface area contributed by atoms with Gasteiger partial charge in [-0.1, -0.05) is 49.8 Å². The van der Waals surface area contributed by atoms with Crippen LogP contribution in [0.3, 0.4) is 0 Å². The summed E-state index contributed by atoms with van der Waals surface area (Å²) in [5, 5.41) is 8.04. The minimum Gasteiger partial charge on any atom is -0.481 e. The largest absolute Gasteiger partial charge is 0.481 e. The molecule has 1 aliphatic rings. The zero-order valence-electron chi connectivity index (χ0n) is 10.6. The number of carboxylic acids is 1. The summed E-state index contributed by atoms with van der Waals surface area (Å²) in [6.07, 6.45) is 6.54. The first-order chi connectivity index (χ1) is 8.65. The van der Waals surface area contributed by atoms with E-state index in [1.165, 1.54) is 0 Å². The van der Waals surface area contributed by atoms with E-state index in [0.29, 0.717) is 12.8 Å². The Balaban J connectivity index is 0.000000203. The molecule has 0 saturated carbocycles. The molecule has 0 bridgehead atoms. The van der Waals surface area contributed by atoms with Crippen LogP contribution in [0.4, 0.5) is 0 Å². The number of rotatable bonds is 3. The van der Waals surface area contributed by atoms with E-state index in [1.54, 1.807) is 0 Å². The number of allylic oxidation sites excluding steroid dienone is 1. The third kappa shape index (κ3) is 4.53. The van der Waals surface area contributed by atoms with Crippen LogP contribution in [0.5, 0.6) is 0 Å². The summed E-state index contributed by atoms with van der Waals surface area (Å²) in [6.45, 7) is 1.98. The van der Waals surface area contributed by atoms with Crippen molar-refractivity contribution in [2.45, 2.75) is 32.6 Å². The Morgan fingerprint density at radius 3 is 2.61 bits per heavy atom. The molecule has 0 fully saturated rings. The number of fused-ring (bicyclic) bond motifs is 1. The van der Waals surface area contributed by atoms with Crippen LogP contribution in [0.1, 0.15) is 48.5 Å². The molecule has 0 unspecified atom stereocenters. The highest BCUT2D eigenvalue weighted by Gasteiger charge is 2.10. The van der Waals surface area contributed by atoms with Gasteiger partial charge in [0.15, 0.2) is 5.78 Å². The second kappa shape index (κ2) is 7.43. The molecule has 0 heterocycles. The van der Waals surface area contributed by atoms with Crippen LogP contribution in [0, 0.1) is 0 Å². The highest BCUT2D eigenvalue weighted by atomic mass is 16.4. The van der Waals surface area contributed by atoms with Gasteiger partial charge in [0.2, 0.25) is 0 Å². The van der Waals surface area contributed by atoms with Gasteiger partial charge in [0.25, 0.3) is 0 Å². The van der Waals surface area contributed by atoms with E-state index in [0.717, 1.165) is 24.0 Å². The third-order valence-electron chi connectivity index (χ3n) is 2.61. The van der Waals surface area contributed by atoms with Crippen molar-refractivity contribution in [3.05, 3.63) is 41.5 Å². The van der Waals surface area contributed by atoms with Crippen molar-refractivity contribution < 1.29 is 14.7 Å². The molecule has 18 heavy (non-hydrogen) atoms. The third-order valence-corrected chi connectivity index (χ3v) is 2.61. The minimum atomic E-state index is -0.693. The standard InChI is InChI=1S/C10H8O.C5H10O2/c11-10-7-3-5-8-4-1-2-6-9(8)10;1-2-3-4-5(6)7/h1-6H,7H2;2-4H2,1H3,(H,6,7). The van der Waals surface area contributed by atoms with E-state index in [1.807, 2.05) is 43.3 Å². The first-order valence-electron chi connectivity index (χ1n) is 6.15. The maximum atomic E-state index is 11.2. The van der Waals surface area contributed by atoms with E-state index in [2.05, 4.69) is 0 Å². The van der Waals surface area contributed by atoms with Crippen molar-refractivity contribution in [2.75, 3.05) is 0 Å². The van der Waals surface area contributed by atoms with E-state index < -0.39 is 5.97 Å². The normalized spacial score (nSPS) is 12.4. The predicted molar refractivity (Wildman–Crippen MR) is 71.6 cm³/mol. The lowest BCUT2D eigenvalue weighted by atomic mass is 9.97. The van der Waals surface area contributed by atoms with Crippen LogP contribution in [0.2, 0.25) is 0 Å². The molecule has 1 aromatic rings. The van der Waals surface area contributed by atoms with E-state index >= 15 is 0 Å². The summed E-state index contributed by atoms with van der Waals surface area (Å²) >= 11 is 0. The monoisotopic (exact) mass is 246 g/mol. The Hall–Kier alpha value is -1.90. The second-order valence-electron chi connectivity index (χ2n) is 4.11. The zero-order chi connectivity index (χ0) is 13.4. The number of carbonyl (C=O) groups is 2. The summed E-state index contributed by atoms with van der Waals surface area (Å²) in [6, 6.07) is 7.68. The summed E-state index contributed by atoms with van der Waals surface area (Å²) in [7, 11) is 0. The van der Waals surface area contributed by atoms with Crippen LogP contribution in [-0.4, -0.2) is 16.9 Å². The number of benzene rings is 1. The molecule has 96 valence electrons. The summed E-state index contributed by atoms with van der Waals surface area (Å²) in [5.74, 6) is -0.468. The van der Waals surface area contributed by atoms with Crippen LogP contribution in [-0.2, 0) is 4.79 Å². The number of Topliss-reactive ketones (excluding diaryl/α,β-unsaturated/α-hetero) is 1. The Labute approximate surface area is 107 Å².